The first-order valence-electron chi connectivity index (χ1n) is 5.28. The van der Waals surface area contributed by atoms with Gasteiger partial charge < -0.3 is 20.8 Å². The number of benzene rings is 1. The molecule has 1 aromatic rings. The van der Waals surface area contributed by atoms with Gasteiger partial charge in [0, 0.05) is 4.47 Å². The number of urea groups is 1. The van der Waals surface area contributed by atoms with Crippen molar-refractivity contribution in [1.82, 2.24) is 5.32 Å². The Morgan fingerprint density at radius 3 is 2.60 bits per heavy atom. The van der Waals surface area contributed by atoms with Crippen molar-refractivity contribution in [2.24, 2.45) is 0 Å². The van der Waals surface area contributed by atoms with Crippen LogP contribution < -0.4 is 10.6 Å². The van der Waals surface area contributed by atoms with Gasteiger partial charge in [0.25, 0.3) is 0 Å². The Morgan fingerprint density at radius 2 is 2.10 bits per heavy atom. The molecule has 2 amide bonds. The summed E-state index contributed by atoms with van der Waals surface area (Å²) in [6.45, 7) is 0.529. The van der Waals surface area contributed by atoms with Gasteiger partial charge in [-0.15, -0.1) is 0 Å². The number of halogens is 3. The molecule has 0 saturated heterocycles. The van der Waals surface area contributed by atoms with Gasteiger partial charge in [-0.25, -0.2) is 14.0 Å². The monoisotopic (exact) mass is 368 g/mol. The van der Waals surface area contributed by atoms with E-state index in [-0.39, 0.29) is 15.2 Å². The third-order valence-electron chi connectivity index (χ3n) is 2.30. The molecule has 6 nitrogen and oxygen atoms in total. The van der Waals surface area contributed by atoms with Gasteiger partial charge in [-0.3, -0.25) is 0 Å². The number of carboxylic acid groups (broad SMARTS) is 1. The number of hydrogen-bond acceptors (Lipinski definition) is 3. The highest BCUT2D eigenvalue weighted by molar-refractivity contribution is 9.10. The Labute approximate surface area is 127 Å². The summed E-state index contributed by atoms with van der Waals surface area (Å²) in [5.74, 6) is -2.06. The predicted octanol–water partition coefficient (Wildman–Crippen LogP) is 2.20. The maximum Gasteiger partial charge on any atom is 0.337 e. The van der Waals surface area contributed by atoms with E-state index in [4.69, 9.17) is 16.7 Å². The summed E-state index contributed by atoms with van der Waals surface area (Å²) in [7, 11) is 0. The third-order valence-corrected chi connectivity index (χ3v) is 3.22. The molecule has 0 fully saturated rings. The van der Waals surface area contributed by atoms with Crippen LogP contribution in [0.1, 0.15) is 6.92 Å². The summed E-state index contributed by atoms with van der Waals surface area (Å²) in [6, 6.07) is 1.32. The highest BCUT2D eigenvalue weighted by Crippen LogP contribution is 2.31. The topological polar surface area (TPSA) is 98.7 Å². The number of carbonyl (C=O) groups excluding carboxylic acids is 1. The second-order valence-corrected chi connectivity index (χ2v) is 5.39. The van der Waals surface area contributed by atoms with Crippen LogP contribution in [0, 0.1) is 5.82 Å². The number of carbonyl (C=O) groups is 2. The average molecular weight is 370 g/mol. The van der Waals surface area contributed by atoms with Crippen LogP contribution in [0.3, 0.4) is 0 Å². The predicted molar refractivity (Wildman–Crippen MR) is 74.4 cm³/mol. The number of rotatable bonds is 4. The minimum Gasteiger partial charge on any atom is -0.479 e. The van der Waals surface area contributed by atoms with E-state index >= 15 is 0 Å². The van der Waals surface area contributed by atoms with E-state index in [2.05, 4.69) is 26.6 Å². The fraction of sp³-hybridized carbons (Fsp3) is 0.273. The van der Waals surface area contributed by atoms with Gasteiger partial charge in [-0.05, 0) is 35.0 Å². The highest BCUT2D eigenvalue weighted by Gasteiger charge is 2.30. The summed E-state index contributed by atoms with van der Waals surface area (Å²) in [5.41, 5.74) is -1.97. The minimum absolute atomic E-state index is 0.0305. The molecule has 1 unspecified atom stereocenters. The Morgan fingerprint density at radius 1 is 1.50 bits per heavy atom. The highest BCUT2D eigenvalue weighted by atomic mass is 79.9. The maximum atomic E-state index is 13.0. The lowest BCUT2D eigenvalue weighted by Gasteiger charge is -2.19. The van der Waals surface area contributed by atoms with Gasteiger partial charge in [0.2, 0.25) is 0 Å². The van der Waals surface area contributed by atoms with Crippen LogP contribution in [0.2, 0.25) is 5.02 Å². The quantitative estimate of drug-likeness (QED) is 0.654. The van der Waals surface area contributed by atoms with Crippen molar-refractivity contribution in [3.8, 4) is 0 Å². The molecule has 110 valence electrons. The van der Waals surface area contributed by atoms with E-state index < -0.39 is 30.0 Å². The Bertz CT molecular complexity index is 530. The fourth-order valence-electron chi connectivity index (χ4n) is 1.15. The molecule has 0 saturated carbocycles. The van der Waals surface area contributed by atoms with Crippen LogP contribution in [0.25, 0.3) is 0 Å². The normalized spacial score (nSPS) is 13.4. The SMILES string of the molecule is CC(O)(CNC(=O)Nc1c(Cl)cc(F)cc1Br)C(=O)O. The van der Waals surface area contributed by atoms with Crippen LogP contribution in [0.5, 0.6) is 0 Å². The summed E-state index contributed by atoms with van der Waals surface area (Å²) in [4.78, 5) is 22.2. The van der Waals surface area contributed by atoms with Gasteiger partial charge in [-0.1, -0.05) is 11.6 Å². The molecule has 1 rings (SSSR count). The first kappa shape index (κ1) is 16.7. The van der Waals surface area contributed by atoms with Crippen LogP contribution >= 0.6 is 27.5 Å². The van der Waals surface area contributed by atoms with Crippen LogP contribution in [0.15, 0.2) is 16.6 Å². The van der Waals surface area contributed by atoms with Crippen molar-refractivity contribution in [3.63, 3.8) is 0 Å². The van der Waals surface area contributed by atoms with Crippen LogP contribution in [-0.4, -0.2) is 34.4 Å². The van der Waals surface area contributed by atoms with E-state index in [1.165, 1.54) is 0 Å². The lowest BCUT2D eigenvalue weighted by Crippen LogP contribution is -2.47. The van der Waals surface area contributed by atoms with Crippen molar-refractivity contribution in [1.29, 1.82) is 0 Å². The van der Waals surface area contributed by atoms with Crippen molar-refractivity contribution < 1.29 is 24.2 Å². The van der Waals surface area contributed by atoms with Crippen molar-refractivity contribution in [2.45, 2.75) is 12.5 Å². The van der Waals surface area contributed by atoms with Gasteiger partial charge in [0.15, 0.2) is 5.60 Å². The molecule has 0 aromatic heterocycles. The second kappa shape index (κ2) is 6.38. The molecule has 0 radical (unpaired) electrons. The fourth-order valence-corrected chi connectivity index (χ4v) is 2.05. The number of aliphatic carboxylic acids is 1. The Kier molecular flexibility index (Phi) is 5.32. The zero-order valence-corrected chi connectivity index (χ0v) is 12.5. The molecule has 0 bridgehead atoms. The Hall–Kier alpha value is -1.38. The maximum absolute atomic E-state index is 13.0. The third kappa shape index (κ3) is 4.32. The van der Waals surface area contributed by atoms with E-state index in [0.29, 0.717) is 0 Å². The second-order valence-electron chi connectivity index (χ2n) is 4.13. The standard InChI is InChI=1S/C11H11BrClFN2O4/c1-11(20,9(17)18)4-15-10(19)16-8-6(12)2-5(14)3-7(8)13/h2-3,20H,4H2,1H3,(H,17,18)(H2,15,16,19). The molecule has 1 aromatic carbocycles. The number of amides is 2. The molecule has 20 heavy (non-hydrogen) atoms. The van der Waals surface area contributed by atoms with E-state index in [0.717, 1.165) is 19.1 Å². The molecule has 0 aliphatic carbocycles. The Balaban J connectivity index is 2.71. The summed E-state index contributed by atoms with van der Waals surface area (Å²) < 4.78 is 13.2. The van der Waals surface area contributed by atoms with Gasteiger partial charge in [0.1, 0.15) is 5.82 Å². The first-order valence-corrected chi connectivity index (χ1v) is 6.46. The summed E-state index contributed by atoms with van der Waals surface area (Å²) >= 11 is 8.79. The van der Waals surface area contributed by atoms with Gasteiger partial charge in [0.05, 0.1) is 17.3 Å². The molecule has 4 N–H and O–H groups in total. The van der Waals surface area contributed by atoms with Gasteiger partial charge in [-0.2, -0.15) is 0 Å². The number of hydrogen-bond donors (Lipinski definition) is 4. The van der Waals surface area contributed by atoms with E-state index in [1.54, 1.807) is 0 Å². The lowest BCUT2D eigenvalue weighted by atomic mass is 10.1. The lowest BCUT2D eigenvalue weighted by molar-refractivity contribution is -0.155. The van der Waals surface area contributed by atoms with Gasteiger partial charge >= 0.3 is 12.0 Å². The molecule has 0 aliphatic heterocycles. The number of aliphatic hydroxyl groups is 1. The number of nitrogens with one attached hydrogen (secondary N) is 2. The molecule has 0 spiro atoms. The molecular formula is C11H11BrClFN2O4. The first-order chi connectivity index (χ1) is 9.13. The molecule has 0 aliphatic rings. The largest absolute Gasteiger partial charge is 0.479 e. The number of carboxylic acids is 1. The molecule has 9 heteroatoms. The minimum atomic E-state index is -2.10. The molecular weight excluding hydrogens is 358 g/mol. The van der Waals surface area contributed by atoms with E-state index in [1.807, 2.05) is 0 Å². The summed E-state index contributed by atoms with van der Waals surface area (Å²) in [5, 5.41) is 22.6. The van der Waals surface area contributed by atoms with Crippen LogP contribution in [0.4, 0.5) is 14.9 Å². The molecule has 0 heterocycles. The van der Waals surface area contributed by atoms with E-state index in [9.17, 15) is 19.1 Å². The van der Waals surface area contributed by atoms with Crippen molar-refractivity contribution >= 4 is 45.2 Å². The molecule has 1 atom stereocenters. The van der Waals surface area contributed by atoms with Crippen molar-refractivity contribution in [2.75, 3.05) is 11.9 Å². The average Bonchev–Trinajstić information content (AvgIpc) is 2.31. The van der Waals surface area contributed by atoms with Crippen LogP contribution in [-0.2, 0) is 4.79 Å². The van der Waals surface area contributed by atoms with Crippen molar-refractivity contribution in [3.05, 3.63) is 27.4 Å². The zero-order chi connectivity index (χ0) is 15.5. The number of anilines is 1. The smallest absolute Gasteiger partial charge is 0.337 e. The summed E-state index contributed by atoms with van der Waals surface area (Å²) in [6.07, 6.45) is 0. The zero-order valence-electron chi connectivity index (χ0n) is 10.2.